The molecule has 0 aliphatic heterocycles. The van der Waals surface area contributed by atoms with Gasteiger partial charge in [-0.15, -0.1) is 0 Å². The highest BCUT2D eigenvalue weighted by Crippen LogP contribution is 2.42. The van der Waals surface area contributed by atoms with E-state index in [2.05, 4.69) is 48.9 Å². The zero-order valence-electron chi connectivity index (χ0n) is 17.4. The van der Waals surface area contributed by atoms with Crippen LogP contribution in [0.5, 0.6) is 11.5 Å². The molecule has 3 rings (SSSR count). The van der Waals surface area contributed by atoms with Crippen LogP contribution in [0.2, 0.25) is 5.02 Å². The van der Waals surface area contributed by atoms with Crippen LogP contribution in [0.3, 0.4) is 0 Å². The molecule has 10 heteroatoms. The lowest BCUT2D eigenvalue weighted by molar-refractivity contribution is 0.329. The zero-order chi connectivity index (χ0) is 23.3. The molecule has 0 N–H and O–H groups in total. The maximum atomic E-state index is 13.2. The summed E-state index contributed by atoms with van der Waals surface area (Å²) in [6.45, 7) is 1.90. The molecule has 0 aliphatic rings. The van der Waals surface area contributed by atoms with E-state index in [0.29, 0.717) is 38.9 Å². The molecule has 0 aliphatic carbocycles. The second-order valence-corrected chi connectivity index (χ2v) is 8.81. The Hall–Kier alpha value is -2.41. The van der Waals surface area contributed by atoms with Crippen molar-refractivity contribution in [3.05, 3.63) is 60.0 Å². The number of unbranched alkanes of at least 4 members (excludes halogenated alkanes) is 1. The molecule has 0 spiro atoms. The second-order valence-electron chi connectivity index (χ2n) is 6.73. The van der Waals surface area contributed by atoms with Gasteiger partial charge in [-0.25, -0.2) is 4.98 Å². The largest absolute Gasteiger partial charge is 0.493 e. The van der Waals surface area contributed by atoms with Crippen LogP contribution in [0.15, 0.2) is 43.1 Å². The highest BCUT2D eigenvalue weighted by molar-refractivity contribution is 9.10. The lowest BCUT2D eigenvalue weighted by atomic mass is 10.2. The molecule has 0 fully saturated rings. The van der Waals surface area contributed by atoms with Gasteiger partial charge in [-0.3, -0.25) is 4.79 Å². The number of ether oxygens (including phenoxy) is 2. The summed E-state index contributed by atoms with van der Waals surface area (Å²) in [6.07, 6.45) is 3.95. The molecule has 0 bridgehead atoms. The van der Waals surface area contributed by atoms with E-state index in [1.165, 1.54) is 18.0 Å². The van der Waals surface area contributed by atoms with Gasteiger partial charge in [0.15, 0.2) is 18.1 Å². The molecule has 3 aromatic rings. The first-order valence-electron chi connectivity index (χ1n) is 9.72. The van der Waals surface area contributed by atoms with Crippen LogP contribution in [-0.4, -0.2) is 29.6 Å². The Kier molecular flexibility index (Phi) is 8.29. The summed E-state index contributed by atoms with van der Waals surface area (Å²) in [5.41, 5.74) is 0.932. The number of benzene rings is 2. The van der Waals surface area contributed by atoms with E-state index in [1.54, 1.807) is 12.1 Å². The molecule has 0 unspecified atom stereocenters. The number of fused-ring (bicyclic) bond motifs is 1. The number of nitrogens with zero attached hydrogens (tertiary/aromatic N) is 4. The summed E-state index contributed by atoms with van der Waals surface area (Å²) < 4.78 is 13.3. The van der Waals surface area contributed by atoms with Crippen LogP contribution in [0.1, 0.15) is 31.2 Å². The fourth-order valence-electron chi connectivity index (χ4n) is 3.02. The van der Waals surface area contributed by atoms with Crippen LogP contribution in [0.25, 0.3) is 10.9 Å². The van der Waals surface area contributed by atoms with Gasteiger partial charge in [-0.05, 0) is 46.6 Å². The highest BCUT2D eigenvalue weighted by atomic mass is 79.9. The van der Waals surface area contributed by atoms with Crippen LogP contribution in [0.4, 0.5) is 0 Å². The van der Waals surface area contributed by atoms with Crippen molar-refractivity contribution in [2.75, 3.05) is 13.7 Å². The molecule has 7 nitrogen and oxygen atoms in total. The Morgan fingerprint density at radius 1 is 1.34 bits per heavy atom. The van der Waals surface area contributed by atoms with E-state index in [0.717, 1.165) is 17.3 Å². The van der Waals surface area contributed by atoms with Crippen molar-refractivity contribution in [2.24, 2.45) is 5.10 Å². The molecule has 0 saturated carbocycles. The molecule has 166 valence electrons. The quantitative estimate of drug-likeness (QED) is 0.318. The number of rotatable bonds is 8. The number of methoxy groups -OCH3 is 1. The summed E-state index contributed by atoms with van der Waals surface area (Å²) in [5, 5.41) is 13.9. The van der Waals surface area contributed by atoms with E-state index in [9.17, 15) is 4.79 Å². The van der Waals surface area contributed by atoms with Gasteiger partial charge in [0.2, 0.25) is 0 Å². The molecule has 1 heterocycles. The maximum Gasteiger partial charge on any atom is 0.282 e. The van der Waals surface area contributed by atoms with Gasteiger partial charge in [-0.1, -0.05) is 40.9 Å². The molecule has 0 atom stereocenters. The Morgan fingerprint density at radius 2 is 2.12 bits per heavy atom. The van der Waals surface area contributed by atoms with Crippen molar-refractivity contribution >= 4 is 60.6 Å². The third-order valence-corrected chi connectivity index (χ3v) is 6.53. The predicted octanol–water partition coefficient (Wildman–Crippen LogP) is 5.71. The minimum atomic E-state index is -0.262. The van der Waals surface area contributed by atoms with Gasteiger partial charge >= 0.3 is 0 Å². The lowest BCUT2D eigenvalue weighted by Gasteiger charge is -2.13. The summed E-state index contributed by atoms with van der Waals surface area (Å²) in [5.74, 6) is 1.16. The van der Waals surface area contributed by atoms with Crippen molar-refractivity contribution in [1.82, 2.24) is 9.66 Å². The van der Waals surface area contributed by atoms with E-state index >= 15 is 0 Å². The second kappa shape index (κ2) is 10.9. The van der Waals surface area contributed by atoms with Crippen LogP contribution >= 0.6 is 43.5 Å². The summed E-state index contributed by atoms with van der Waals surface area (Å²) >= 11 is 13.3. The summed E-state index contributed by atoms with van der Waals surface area (Å²) in [6, 6.07) is 8.96. The van der Waals surface area contributed by atoms with Crippen molar-refractivity contribution < 1.29 is 9.47 Å². The van der Waals surface area contributed by atoms with E-state index < -0.39 is 0 Å². The van der Waals surface area contributed by atoms with Crippen molar-refractivity contribution in [2.45, 2.75) is 26.2 Å². The van der Waals surface area contributed by atoms with Crippen LogP contribution < -0.4 is 15.0 Å². The summed E-state index contributed by atoms with van der Waals surface area (Å²) in [7, 11) is 1.47. The first-order chi connectivity index (χ1) is 15.4. The molecule has 0 amide bonds. The normalized spacial score (nSPS) is 11.1. The lowest BCUT2D eigenvalue weighted by Crippen LogP contribution is -2.22. The fraction of sp³-hybridized carbons (Fsp3) is 0.273. The minimum absolute atomic E-state index is 0.176. The molecule has 32 heavy (non-hydrogen) atoms. The molecule has 1 aromatic heterocycles. The maximum absolute atomic E-state index is 13.2. The number of aromatic nitrogens is 2. The smallest absolute Gasteiger partial charge is 0.282 e. The standard InChI is InChI=1S/C22H19Br2ClN4O3/c1-3-4-5-18-28-16-7-6-14(23)11-15(16)22(30)29(18)27-12-13-10-17(31-2)21(32-9-8-26)20(25)19(13)24/h6-7,10-12H,3-5,9H2,1-2H3. The monoisotopic (exact) mass is 580 g/mol. The average Bonchev–Trinajstić information content (AvgIpc) is 2.79. The molecule has 0 saturated heterocycles. The number of aryl methyl sites for hydroxylation is 1. The Balaban J connectivity index is 2.13. The third kappa shape index (κ3) is 5.14. The molecule has 2 aromatic carbocycles. The van der Waals surface area contributed by atoms with Crippen molar-refractivity contribution in [1.29, 1.82) is 5.26 Å². The van der Waals surface area contributed by atoms with Gasteiger partial charge in [0.05, 0.1) is 24.2 Å². The number of nitriles is 1. The first kappa shape index (κ1) is 24.2. The van der Waals surface area contributed by atoms with E-state index in [4.69, 9.17) is 26.3 Å². The van der Waals surface area contributed by atoms with Gasteiger partial charge in [-0.2, -0.15) is 15.0 Å². The van der Waals surface area contributed by atoms with Crippen molar-refractivity contribution in [3.63, 3.8) is 0 Å². The Bertz CT molecular complexity index is 1290. The number of hydrogen-bond acceptors (Lipinski definition) is 6. The highest BCUT2D eigenvalue weighted by Gasteiger charge is 2.17. The Morgan fingerprint density at radius 3 is 2.81 bits per heavy atom. The van der Waals surface area contributed by atoms with E-state index in [-0.39, 0.29) is 22.9 Å². The topological polar surface area (TPSA) is 89.5 Å². The molecule has 0 radical (unpaired) electrons. The molecular weight excluding hydrogens is 564 g/mol. The van der Waals surface area contributed by atoms with Crippen LogP contribution in [-0.2, 0) is 6.42 Å². The average molecular weight is 583 g/mol. The van der Waals surface area contributed by atoms with Gasteiger partial charge in [0.25, 0.3) is 5.56 Å². The van der Waals surface area contributed by atoms with Gasteiger partial charge < -0.3 is 9.47 Å². The Labute approximate surface area is 206 Å². The minimum Gasteiger partial charge on any atom is -0.493 e. The van der Waals surface area contributed by atoms with Gasteiger partial charge in [0.1, 0.15) is 16.9 Å². The van der Waals surface area contributed by atoms with Gasteiger partial charge in [0, 0.05) is 20.9 Å². The predicted molar refractivity (Wildman–Crippen MR) is 132 cm³/mol. The number of halogens is 3. The van der Waals surface area contributed by atoms with Crippen molar-refractivity contribution in [3.8, 4) is 17.6 Å². The summed E-state index contributed by atoms with van der Waals surface area (Å²) in [4.78, 5) is 17.9. The molecular formula is C22H19Br2ClN4O3. The fourth-order valence-corrected chi connectivity index (χ4v) is 4.03. The zero-order valence-corrected chi connectivity index (χ0v) is 21.3. The SMILES string of the molecule is CCCCc1nc2ccc(Br)cc2c(=O)n1N=Cc1cc(OC)c(OCC#N)c(Cl)c1Br. The van der Waals surface area contributed by atoms with E-state index in [1.807, 2.05) is 18.2 Å². The first-order valence-corrected chi connectivity index (χ1v) is 11.7. The number of hydrogen-bond donors (Lipinski definition) is 0. The van der Waals surface area contributed by atoms with Crippen LogP contribution in [0, 0.1) is 11.3 Å². The third-order valence-electron chi connectivity index (χ3n) is 4.60.